The minimum atomic E-state index is -0.496. The van der Waals surface area contributed by atoms with Gasteiger partial charge in [-0.25, -0.2) is 4.68 Å². The molecule has 2 rings (SSSR count). The van der Waals surface area contributed by atoms with Gasteiger partial charge in [0.15, 0.2) is 0 Å². The van der Waals surface area contributed by atoms with Crippen LogP contribution >= 0.6 is 0 Å². The summed E-state index contributed by atoms with van der Waals surface area (Å²) in [7, 11) is 1.62. The summed E-state index contributed by atoms with van der Waals surface area (Å²) in [4.78, 5) is 11.9. The maximum absolute atomic E-state index is 11.9. The van der Waals surface area contributed by atoms with Crippen LogP contribution in [0.4, 0.5) is 11.6 Å². The molecule has 0 spiro atoms. The molecule has 2 heterocycles. The van der Waals surface area contributed by atoms with Crippen LogP contribution in [0.2, 0.25) is 0 Å². The molecule has 2 aromatic rings. The van der Waals surface area contributed by atoms with Crippen molar-refractivity contribution in [1.82, 2.24) is 14.5 Å². The Morgan fingerprint density at radius 2 is 2.00 bits per heavy atom. The van der Waals surface area contributed by atoms with E-state index in [2.05, 4.69) is 5.10 Å². The predicted octanol–water partition coefficient (Wildman–Crippen LogP) is -1.85. The lowest BCUT2D eigenvalue weighted by Gasteiger charge is -2.09. The van der Waals surface area contributed by atoms with Crippen LogP contribution in [0, 0.1) is 0 Å². The summed E-state index contributed by atoms with van der Waals surface area (Å²) in [6.45, 7) is -0.117. The Hall–Kier alpha value is -2.22. The third kappa shape index (κ3) is 1.41. The molecule has 8 nitrogen and oxygen atoms in total. The molecule has 0 saturated carbocycles. The molecule has 0 aliphatic carbocycles. The third-order valence-electron chi connectivity index (χ3n) is 2.74. The number of pyridine rings is 1. The summed E-state index contributed by atoms with van der Waals surface area (Å²) in [6.07, 6.45) is 0.260. The average molecular weight is 238 g/mol. The molecule has 92 valence electrons. The number of aromatic nitrogens is 3. The zero-order valence-electron chi connectivity index (χ0n) is 9.34. The minimum absolute atomic E-state index is 0.0923. The first kappa shape index (κ1) is 11.3. The molecule has 0 aliphatic rings. The van der Waals surface area contributed by atoms with Crippen LogP contribution in [-0.2, 0) is 13.5 Å². The summed E-state index contributed by atoms with van der Waals surface area (Å²) >= 11 is 0. The van der Waals surface area contributed by atoms with Crippen LogP contribution in [0.25, 0.3) is 10.9 Å². The topological polar surface area (TPSA) is 138 Å². The zero-order chi connectivity index (χ0) is 12.7. The molecule has 0 aromatic carbocycles. The summed E-state index contributed by atoms with van der Waals surface area (Å²) in [5, 5.41) is 13.3. The second kappa shape index (κ2) is 3.67. The van der Waals surface area contributed by atoms with E-state index in [1.807, 2.05) is 0 Å². The number of nitrogens with zero attached hydrogens (tertiary/aromatic N) is 3. The minimum Gasteiger partial charge on any atom is -0.396 e. The van der Waals surface area contributed by atoms with Crippen molar-refractivity contribution >= 4 is 22.5 Å². The van der Waals surface area contributed by atoms with Crippen LogP contribution in [0.3, 0.4) is 0 Å². The Bertz CT molecular complexity index is 641. The number of aryl methyl sites for hydroxylation is 1. The van der Waals surface area contributed by atoms with Crippen LogP contribution in [0.5, 0.6) is 0 Å². The van der Waals surface area contributed by atoms with Crippen LogP contribution in [0.15, 0.2) is 4.79 Å². The largest absolute Gasteiger partial charge is 0.396 e. The molecule has 7 N–H and O–H groups in total. The molecule has 17 heavy (non-hydrogen) atoms. The highest BCUT2D eigenvalue weighted by Gasteiger charge is 2.19. The van der Waals surface area contributed by atoms with Gasteiger partial charge in [-0.05, 0) is 0 Å². The van der Waals surface area contributed by atoms with Gasteiger partial charge in [0, 0.05) is 25.6 Å². The number of aliphatic hydroxyl groups excluding tert-OH is 1. The highest BCUT2D eigenvalue weighted by molar-refractivity contribution is 5.92. The Morgan fingerprint density at radius 3 is 2.59 bits per heavy atom. The number of aliphatic hydroxyl groups is 1. The smallest absolute Gasteiger partial charge is 0.283 e. The monoisotopic (exact) mass is 238 g/mol. The second-order valence-corrected chi connectivity index (χ2v) is 3.75. The molecule has 0 aliphatic heterocycles. The first-order valence-corrected chi connectivity index (χ1v) is 5.00. The standard InChI is InChI=1S/C9H14N6O2/c1-14-8(11)5-6(13-14)4(2-3-16)7(10)15(12)9(5)17/h16H,2-3,10-12H2,1H3. The SMILES string of the molecule is Cn1nc2c(CCO)c(N)n(N)c(=O)c2c1N. The Morgan fingerprint density at radius 1 is 1.35 bits per heavy atom. The quantitative estimate of drug-likeness (QED) is 0.453. The zero-order valence-corrected chi connectivity index (χ0v) is 9.34. The van der Waals surface area contributed by atoms with Crippen molar-refractivity contribution < 1.29 is 5.11 Å². The molecular formula is C9H14N6O2. The van der Waals surface area contributed by atoms with Gasteiger partial charge < -0.3 is 22.4 Å². The number of fused-ring (bicyclic) bond motifs is 1. The maximum atomic E-state index is 11.9. The van der Waals surface area contributed by atoms with Gasteiger partial charge >= 0.3 is 0 Å². The van der Waals surface area contributed by atoms with E-state index in [9.17, 15) is 4.79 Å². The first-order chi connectivity index (χ1) is 7.99. The third-order valence-corrected chi connectivity index (χ3v) is 2.74. The van der Waals surface area contributed by atoms with Crippen molar-refractivity contribution in [2.75, 3.05) is 23.9 Å². The van der Waals surface area contributed by atoms with E-state index in [-0.39, 0.29) is 30.0 Å². The predicted molar refractivity (Wildman–Crippen MR) is 64.7 cm³/mol. The molecule has 8 heteroatoms. The lowest BCUT2D eigenvalue weighted by molar-refractivity contribution is 0.300. The van der Waals surface area contributed by atoms with Crippen molar-refractivity contribution in [2.45, 2.75) is 6.42 Å². The van der Waals surface area contributed by atoms with Crippen molar-refractivity contribution in [3.05, 3.63) is 15.9 Å². The van der Waals surface area contributed by atoms with Gasteiger partial charge in [-0.3, -0.25) is 9.48 Å². The fraction of sp³-hybridized carbons (Fsp3) is 0.333. The van der Waals surface area contributed by atoms with E-state index in [0.29, 0.717) is 11.1 Å². The summed E-state index contributed by atoms with van der Waals surface area (Å²) in [6, 6.07) is 0. The normalized spacial score (nSPS) is 11.2. The molecule has 0 bridgehead atoms. The van der Waals surface area contributed by atoms with Crippen LogP contribution in [-0.4, -0.2) is 26.2 Å². The van der Waals surface area contributed by atoms with E-state index in [1.54, 1.807) is 7.05 Å². The van der Waals surface area contributed by atoms with Gasteiger partial charge in [0.25, 0.3) is 5.56 Å². The number of rotatable bonds is 2. The van der Waals surface area contributed by atoms with Gasteiger partial charge in [-0.1, -0.05) is 0 Å². The lowest BCUT2D eigenvalue weighted by Crippen LogP contribution is -2.31. The fourth-order valence-corrected chi connectivity index (χ4v) is 1.81. The van der Waals surface area contributed by atoms with E-state index >= 15 is 0 Å². The van der Waals surface area contributed by atoms with Crippen molar-refractivity contribution in [2.24, 2.45) is 7.05 Å². The Labute approximate surface area is 96.2 Å². The average Bonchev–Trinajstić information content (AvgIpc) is 2.59. The lowest BCUT2D eigenvalue weighted by atomic mass is 10.1. The molecule has 0 amide bonds. The molecule has 0 unspecified atom stereocenters. The van der Waals surface area contributed by atoms with Gasteiger partial charge in [-0.15, -0.1) is 0 Å². The van der Waals surface area contributed by atoms with Crippen molar-refractivity contribution in [3.8, 4) is 0 Å². The van der Waals surface area contributed by atoms with E-state index < -0.39 is 5.56 Å². The highest BCUT2D eigenvalue weighted by atomic mass is 16.3. The Kier molecular flexibility index (Phi) is 2.43. The molecular weight excluding hydrogens is 224 g/mol. The van der Waals surface area contributed by atoms with Crippen LogP contribution in [0.1, 0.15) is 5.56 Å². The number of nitrogens with two attached hydrogens (primary N) is 3. The molecule has 0 atom stereocenters. The summed E-state index contributed by atoms with van der Waals surface area (Å²) in [5.41, 5.74) is 11.9. The molecule has 0 fully saturated rings. The second-order valence-electron chi connectivity index (χ2n) is 3.75. The van der Waals surface area contributed by atoms with Crippen molar-refractivity contribution in [1.29, 1.82) is 0 Å². The van der Waals surface area contributed by atoms with Gasteiger partial charge in [-0.2, -0.15) is 5.10 Å². The van der Waals surface area contributed by atoms with Crippen LogP contribution < -0.4 is 22.9 Å². The summed E-state index contributed by atoms with van der Waals surface area (Å²) in [5.74, 6) is 5.88. The number of nitrogen functional groups attached to an aromatic ring is 3. The molecule has 0 saturated heterocycles. The number of hydrogen-bond acceptors (Lipinski definition) is 6. The fourth-order valence-electron chi connectivity index (χ4n) is 1.81. The van der Waals surface area contributed by atoms with E-state index in [1.165, 1.54) is 4.68 Å². The maximum Gasteiger partial charge on any atom is 0.283 e. The molecule has 0 radical (unpaired) electrons. The number of hydrogen-bond donors (Lipinski definition) is 4. The molecule has 2 aromatic heterocycles. The number of anilines is 2. The van der Waals surface area contributed by atoms with E-state index in [4.69, 9.17) is 22.4 Å². The summed E-state index contributed by atoms with van der Waals surface area (Å²) < 4.78 is 2.21. The first-order valence-electron chi connectivity index (χ1n) is 5.00. The van der Waals surface area contributed by atoms with Gasteiger partial charge in [0.1, 0.15) is 22.5 Å². The van der Waals surface area contributed by atoms with E-state index in [0.717, 1.165) is 4.68 Å². The van der Waals surface area contributed by atoms with Gasteiger partial charge in [0.2, 0.25) is 0 Å². The van der Waals surface area contributed by atoms with Crippen molar-refractivity contribution in [3.63, 3.8) is 0 Å². The van der Waals surface area contributed by atoms with Gasteiger partial charge in [0.05, 0.1) is 0 Å². The highest BCUT2D eigenvalue weighted by Crippen LogP contribution is 2.23. The Balaban J connectivity index is 2.98.